The predicted octanol–water partition coefficient (Wildman–Crippen LogP) is 4.63. The van der Waals surface area contributed by atoms with Crippen molar-refractivity contribution >= 4 is 17.8 Å². The second-order valence-electron chi connectivity index (χ2n) is 8.48. The molecule has 7 nitrogen and oxygen atoms in total. The van der Waals surface area contributed by atoms with Crippen LogP contribution in [0.5, 0.6) is 17.4 Å². The largest absolute Gasteiger partial charge is 0.485 e. The van der Waals surface area contributed by atoms with Crippen LogP contribution in [0.15, 0.2) is 77.9 Å². The molecule has 2 aromatic carbocycles. The molecule has 7 heteroatoms. The van der Waals surface area contributed by atoms with E-state index < -0.39 is 5.60 Å². The monoisotopic (exact) mass is 454 g/mol. The van der Waals surface area contributed by atoms with Gasteiger partial charge in [0.25, 0.3) is 5.91 Å². The quantitative estimate of drug-likeness (QED) is 0.583. The second-order valence-corrected chi connectivity index (χ2v) is 8.48. The van der Waals surface area contributed by atoms with Crippen molar-refractivity contribution in [3.8, 4) is 17.4 Å². The standard InChI is InChI=1S/C27H26N4O3/c1-29-24-20-10-5-6-12-23(20)34-27(22(24)18-28)13-16-31(17-14-27)26(32)21-11-7-15-30-25(21)33-19-8-3-2-4-9-19/h2-12,15,18,22,28H,13-14,16-17H2,1H3. The predicted molar refractivity (Wildman–Crippen MR) is 130 cm³/mol. The van der Waals surface area contributed by atoms with Crippen LogP contribution in [0.25, 0.3) is 0 Å². The number of benzene rings is 2. The Labute approximate surface area is 198 Å². The van der Waals surface area contributed by atoms with Crippen LogP contribution in [0.3, 0.4) is 0 Å². The number of nitrogens with one attached hydrogen (secondary N) is 1. The maximum atomic E-state index is 13.4. The molecule has 34 heavy (non-hydrogen) atoms. The Morgan fingerprint density at radius 1 is 1.12 bits per heavy atom. The summed E-state index contributed by atoms with van der Waals surface area (Å²) in [4.78, 5) is 24.1. The van der Waals surface area contributed by atoms with Crippen molar-refractivity contribution in [3.05, 3.63) is 84.1 Å². The Balaban J connectivity index is 1.37. The van der Waals surface area contributed by atoms with Gasteiger partial charge in [-0.15, -0.1) is 0 Å². The van der Waals surface area contributed by atoms with Gasteiger partial charge >= 0.3 is 0 Å². The fraction of sp³-hybridized carbons (Fsp3) is 0.259. The molecule has 1 fully saturated rings. The summed E-state index contributed by atoms with van der Waals surface area (Å²) < 4.78 is 12.4. The van der Waals surface area contributed by atoms with Gasteiger partial charge in [-0.25, -0.2) is 4.98 Å². The van der Waals surface area contributed by atoms with E-state index in [1.54, 1.807) is 25.4 Å². The Hall–Kier alpha value is -4.00. The highest BCUT2D eigenvalue weighted by Crippen LogP contribution is 2.43. The molecule has 2 aliphatic heterocycles. The van der Waals surface area contributed by atoms with E-state index in [0.29, 0.717) is 43.1 Å². The zero-order valence-electron chi connectivity index (χ0n) is 19.0. The third kappa shape index (κ3) is 3.83. The third-order valence-corrected chi connectivity index (χ3v) is 6.60. The molecule has 1 N–H and O–H groups in total. The van der Waals surface area contributed by atoms with Gasteiger partial charge in [0.2, 0.25) is 5.88 Å². The number of carbonyl (C=O) groups excluding carboxylic acids is 1. The molecule has 5 rings (SSSR count). The number of aliphatic imine (C=N–C) groups is 1. The zero-order valence-corrected chi connectivity index (χ0v) is 19.0. The van der Waals surface area contributed by atoms with Gasteiger partial charge < -0.3 is 19.8 Å². The minimum atomic E-state index is -0.597. The number of carbonyl (C=O) groups is 1. The molecule has 1 unspecified atom stereocenters. The summed E-state index contributed by atoms with van der Waals surface area (Å²) in [5, 5.41) is 8.15. The smallest absolute Gasteiger partial charge is 0.259 e. The topological polar surface area (TPSA) is 87.9 Å². The van der Waals surface area contributed by atoms with Crippen LogP contribution in [0.1, 0.15) is 28.8 Å². The number of nitrogens with zero attached hydrogens (tertiary/aromatic N) is 3. The van der Waals surface area contributed by atoms with Gasteiger partial charge in [-0.2, -0.15) is 0 Å². The van der Waals surface area contributed by atoms with Crippen LogP contribution >= 0.6 is 0 Å². The van der Waals surface area contributed by atoms with Gasteiger partial charge in [-0.1, -0.05) is 30.3 Å². The number of rotatable bonds is 4. The van der Waals surface area contributed by atoms with E-state index in [1.807, 2.05) is 59.5 Å². The number of hydrogen-bond donors (Lipinski definition) is 1. The van der Waals surface area contributed by atoms with Crippen molar-refractivity contribution in [2.75, 3.05) is 20.1 Å². The summed E-state index contributed by atoms with van der Waals surface area (Å²) in [5.74, 6) is 1.31. The van der Waals surface area contributed by atoms with Gasteiger partial charge in [-0.05, 0) is 36.4 Å². The highest BCUT2D eigenvalue weighted by atomic mass is 16.5. The zero-order chi connectivity index (χ0) is 23.5. The Kier molecular flexibility index (Phi) is 5.84. The van der Waals surface area contributed by atoms with Crippen molar-refractivity contribution in [3.63, 3.8) is 0 Å². The van der Waals surface area contributed by atoms with Crippen LogP contribution in [0.2, 0.25) is 0 Å². The lowest BCUT2D eigenvalue weighted by atomic mass is 9.73. The van der Waals surface area contributed by atoms with E-state index in [2.05, 4.69) is 9.98 Å². The van der Waals surface area contributed by atoms with Crippen molar-refractivity contribution in [1.82, 2.24) is 9.88 Å². The number of hydrogen-bond acceptors (Lipinski definition) is 6. The normalized spacial score (nSPS) is 19.9. The lowest BCUT2D eigenvalue weighted by molar-refractivity contribution is -0.00867. The molecule has 1 atom stereocenters. The number of piperidine rings is 1. The average Bonchev–Trinajstić information content (AvgIpc) is 2.89. The maximum absolute atomic E-state index is 13.4. The Morgan fingerprint density at radius 3 is 2.59 bits per heavy atom. The number of pyridine rings is 1. The summed E-state index contributed by atoms with van der Waals surface area (Å²) in [7, 11) is 1.76. The van der Waals surface area contributed by atoms with E-state index in [0.717, 1.165) is 17.0 Å². The van der Waals surface area contributed by atoms with Gasteiger partial charge in [0.1, 0.15) is 22.7 Å². The minimum Gasteiger partial charge on any atom is -0.485 e. The fourth-order valence-electron chi connectivity index (χ4n) is 4.86. The van der Waals surface area contributed by atoms with Crippen molar-refractivity contribution in [2.45, 2.75) is 18.4 Å². The lowest BCUT2D eigenvalue weighted by Gasteiger charge is -2.48. The van der Waals surface area contributed by atoms with Crippen LogP contribution in [-0.4, -0.2) is 53.5 Å². The minimum absolute atomic E-state index is 0.124. The van der Waals surface area contributed by atoms with E-state index in [9.17, 15) is 4.79 Å². The molecule has 1 amide bonds. The van der Waals surface area contributed by atoms with Crippen molar-refractivity contribution in [1.29, 1.82) is 5.41 Å². The number of aromatic nitrogens is 1. The van der Waals surface area contributed by atoms with Crippen LogP contribution < -0.4 is 9.47 Å². The van der Waals surface area contributed by atoms with Crippen molar-refractivity contribution < 1.29 is 14.3 Å². The molecule has 3 heterocycles. The molecule has 3 aromatic rings. The maximum Gasteiger partial charge on any atom is 0.259 e. The Morgan fingerprint density at radius 2 is 1.85 bits per heavy atom. The first kappa shape index (κ1) is 21.8. The first-order chi connectivity index (χ1) is 16.6. The number of para-hydroxylation sites is 2. The molecule has 172 valence electrons. The SMILES string of the molecule is CN=C1c2ccccc2OC2(CCN(C(=O)c3cccnc3Oc3ccccc3)CC2)C1C=N. The first-order valence-corrected chi connectivity index (χ1v) is 11.4. The molecule has 0 radical (unpaired) electrons. The van der Waals surface area contributed by atoms with Gasteiger partial charge in [0.15, 0.2) is 0 Å². The first-order valence-electron chi connectivity index (χ1n) is 11.4. The molecular formula is C27H26N4O3. The fourth-order valence-corrected chi connectivity index (χ4v) is 4.86. The van der Waals surface area contributed by atoms with E-state index in [1.165, 1.54) is 6.21 Å². The second kappa shape index (κ2) is 9.09. The summed E-state index contributed by atoms with van der Waals surface area (Å²) in [6.07, 6.45) is 4.25. The molecule has 1 aromatic heterocycles. The van der Waals surface area contributed by atoms with Crippen LogP contribution in [0.4, 0.5) is 0 Å². The summed E-state index contributed by atoms with van der Waals surface area (Å²) in [6, 6.07) is 20.6. The van der Waals surface area contributed by atoms with Crippen molar-refractivity contribution in [2.24, 2.45) is 10.9 Å². The number of fused-ring (bicyclic) bond motifs is 1. The molecule has 2 aliphatic rings. The summed E-state index contributed by atoms with van der Waals surface area (Å²) in [6.45, 7) is 1.00. The van der Waals surface area contributed by atoms with Gasteiger partial charge in [-0.3, -0.25) is 9.79 Å². The Bertz CT molecular complexity index is 1230. The molecule has 1 spiro atoms. The van der Waals surface area contributed by atoms with E-state index in [-0.39, 0.29) is 11.8 Å². The lowest BCUT2D eigenvalue weighted by Crippen LogP contribution is -2.58. The molecule has 1 saturated heterocycles. The highest BCUT2D eigenvalue weighted by Gasteiger charge is 2.49. The molecule has 0 saturated carbocycles. The van der Waals surface area contributed by atoms with E-state index in [4.69, 9.17) is 14.9 Å². The average molecular weight is 455 g/mol. The summed E-state index contributed by atoms with van der Waals surface area (Å²) in [5.41, 5.74) is 1.62. The highest BCUT2D eigenvalue weighted by molar-refractivity contribution is 6.12. The number of likely N-dealkylation sites (tertiary alicyclic amines) is 1. The molecule has 0 bridgehead atoms. The van der Waals surface area contributed by atoms with E-state index >= 15 is 0 Å². The van der Waals surface area contributed by atoms with Crippen LogP contribution in [0, 0.1) is 11.3 Å². The molecular weight excluding hydrogens is 428 g/mol. The van der Waals surface area contributed by atoms with Gasteiger partial charge in [0, 0.05) is 51.0 Å². The summed E-state index contributed by atoms with van der Waals surface area (Å²) >= 11 is 0. The number of ether oxygens (including phenoxy) is 2. The third-order valence-electron chi connectivity index (χ3n) is 6.60. The molecule has 0 aliphatic carbocycles. The van der Waals surface area contributed by atoms with Crippen LogP contribution in [-0.2, 0) is 0 Å². The van der Waals surface area contributed by atoms with Gasteiger partial charge in [0.05, 0.1) is 11.6 Å². The number of amides is 1.